The molecule has 1 heterocycles. The minimum atomic E-state index is -0.783. The van der Waals surface area contributed by atoms with Crippen molar-refractivity contribution >= 4 is 12.4 Å². The molecule has 1 aliphatic rings. The second-order valence-corrected chi connectivity index (χ2v) is 4.54. The van der Waals surface area contributed by atoms with Crippen molar-refractivity contribution < 1.29 is 9.84 Å². The molecule has 1 aliphatic heterocycles. The molecule has 2 rings (SSSR count). The average Bonchev–Trinajstić information content (AvgIpc) is 2.25. The Hall–Kier alpha value is -1.28. The van der Waals surface area contributed by atoms with Crippen LogP contribution in [0.15, 0.2) is 18.2 Å². The zero-order chi connectivity index (χ0) is 11.9. The van der Waals surface area contributed by atoms with Crippen molar-refractivity contribution in [2.45, 2.75) is 31.6 Å². The second-order valence-electron chi connectivity index (χ2n) is 4.54. The number of hydrogen-bond acceptors (Lipinski definition) is 4. The summed E-state index contributed by atoms with van der Waals surface area (Å²) in [4.78, 5) is 0. The fraction of sp³-hybridized carbons (Fsp3) is 0.417. The van der Waals surface area contributed by atoms with E-state index in [-0.39, 0.29) is 12.4 Å². The summed E-state index contributed by atoms with van der Waals surface area (Å²) in [5, 5.41) is 18.8. The fourth-order valence-electron chi connectivity index (χ4n) is 1.92. The first kappa shape index (κ1) is 13.8. The van der Waals surface area contributed by atoms with Crippen LogP contribution in [0.3, 0.4) is 0 Å². The van der Waals surface area contributed by atoms with E-state index >= 15 is 0 Å². The predicted molar refractivity (Wildman–Crippen MR) is 66.0 cm³/mol. The summed E-state index contributed by atoms with van der Waals surface area (Å²) in [5.41, 5.74) is 6.45. The molecule has 2 atom stereocenters. The van der Waals surface area contributed by atoms with Gasteiger partial charge in [-0.3, -0.25) is 0 Å². The van der Waals surface area contributed by atoms with Gasteiger partial charge in [-0.2, -0.15) is 5.26 Å². The number of nitrogens with two attached hydrogens (primary N) is 1. The van der Waals surface area contributed by atoms with Crippen molar-refractivity contribution in [3.63, 3.8) is 0 Å². The Labute approximate surface area is 106 Å². The van der Waals surface area contributed by atoms with Crippen molar-refractivity contribution in [2.75, 3.05) is 0 Å². The summed E-state index contributed by atoms with van der Waals surface area (Å²) in [6, 6.07) is 6.59. The quantitative estimate of drug-likeness (QED) is 0.736. The first-order chi connectivity index (χ1) is 7.45. The molecule has 1 aromatic rings. The number of rotatable bonds is 0. The zero-order valence-corrected chi connectivity index (χ0v) is 10.5. The minimum absolute atomic E-state index is 0. The van der Waals surface area contributed by atoms with Gasteiger partial charge in [-0.15, -0.1) is 12.4 Å². The normalized spacial score (nSPS) is 24.9. The van der Waals surface area contributed by atoms with E-state index in [1.54, 1.807) is 32.0 Å². The predicted octanol–water partition coefficient (Wildman–Crippen LogP) is 1.51. The van der Waals surface area contributed by atoms with Gasteiger partial charge in [-0.25, -0.2) is 0 Å². The molecule has 0 spiro atoms. The fourth-order valence-corrected chi connectivity index (χ4v) is 1.92. The van der Waals surface area contributed by atoms with Crippen molar-refractivity contribution in [3.8, 4) is 11.8 Å². The van der Waals surface area contributed by atoms with Gasteiger partial charge in [-0.1, -0.05) is 0 Å². The molecule has 17 heavy (non-hydrogen) atoms. The third kappa shape index (κ3) is 2.22. The highest BCUT2D eigenvalue weighted by molar-refractivity contribution is 5.85. The molecule has 0 bridgehead atoms. The van der Waals surface area contributed by atoms with E-state index in [2.05, 4.69) is 0 Å². The minimum Gasteiger partial charge on any atom is -0.485 e. The highest BCUT2D eigenvalue weighted by atomic mass is 35.5. The number of nitrogens with zero attached hydrogens (tertiary/aromatic N) is 1. The molecule has 92 valence electrons. The maximum absolute atomic E-state index is 9.98. The van der Waals surface area contributed by atoms with Crippen LogP contribution in [0.2, 0.25) is 0 Å². The van der Waals surface area contributed by atoms with Crippen molar-refractivity contribution in [2.24, 2.45) is 5.73 Å². The standard InChI is InChI=1S/C12H14N2O2.ClH/c1-12(2)11(15)10(14)8-5-7(6-13)3-4-9(8)16-12;/h3-5,10-11,15H,14H2,1-2H3;1H/t10-,11+;/m0./s1. The van der Waals surface area contributed by atoms with Crippen LogP contribution >= 0.6 is 12.4 Å². The molecule has 0 unspecified atom stereocenters. The Morgan fingerprint density at radius 3 is 2.71 bits per heavy atom. The van der Waals surface area contributed by atoms with Crippen LogP contribution < -0.4 is 10.5 Å². The lowest BCUT2D eigenvalue weighted by Crippen LogP contribution is -2.51. The molecule has 3 N–H and O–H groups in total. The Morgan fingerprint density at radius 2 is 2.12 bits per heavy atom. The lowest BCUT2D eigenvalue weighted by molar-refractivity contribution is -0.0571. The number of aliphatic hydroxyl groups excluding tert-OH is 1. The average molecular weight is 255 g/mol. The van der Waals surface area contributed by atoms with Gasteiger partial charge >= 0.3 is 0 Å². The van der Waals surface area contributed by atoms with Crippen LogP contribution in [0.5, 0.6) is 5.75 Å². The molecule has 0 fully saturated rings. The summed E-state index contributed by atoms with van der Waals surface area (Å²) in [5.74, 6) is 0.641. The maximum Gasteiger partial charge on any atom is 0.131 e. The van der Waals surface area contributed by atoms with Gasteiger partial charge in [0, 0.05) is 5.56 Å². The van der Waals surface area contributed by atoms with Crippen molar-refractivity contribution in [1.29, 1.82) is 5.26 Å². The molecular formula is C12H15ClN2O2. The van der Waals surface area contributed by atoms with Gasteiger partial charge < -0.3 is 15.6 Å². The molecule has 0 amide bonds. The summed E-state index contributed by atoms with van der Waals surface area (Å²) in [6.45, 7) is 3.58. The van der Waals surface area contributed by atoms with Crippen LogP contribution in [0.1, 0.15) is 31.0 Å². The molecule has 0 saturated carbocycles. The molecule has 5 heteroatoms. The Bertz CT molecular complexity index is 468. The third-order valence-electron chi connectivity index (χ3n) is 2.92. The van der Waals surface area contributed by atoms with E-state index in [0.717, 1.165) is 0 Å². The number of halogens is 1. The number of hydrogen-bond donors (Lipinski definition) is 2. The lowest BCUT2D eigenvalue weighted by atomic mass is 9.86. The highest BCUT2D eigenvalue weighted by Gasteiger charge is 2.41. The van der Waals surface area contributed by atoms with Crippen molar-refractivity contribution in [1.82, 2.24) is 0 Å². The van der Waals surface area contributed by atoms with Crippen LogP contribution in [0.4, 0.5) is 0 Å². The van der Waals surface area contributed by atoms with Gasteiger partial charge in [0.1, 0.15) is 17.5 Å². The SMILES string of the molecule is CC1(C)Oc2ccc(C#N)cc2[C@H](N)[C@H]1O.Cl. The van der Waals surface area contributed by atoms with Gasteiger partial charge in [0.2, 0.25) is 0 Å². The van der Waals surface area contributed by atoms with Crippen LogP contribution in [-0.2, 0) is 0 Å². The second kappa shape index (κ2) is 4.53. The smallest absolute Gasteiger partial charge is 0.131 e. The largest absolute Gasteiger partial charge is 0.485 e. The Kier molecular flexibility index (Phi) is 3.68. The highest BCUT2D eigenvalue weighted by Crippen LogP contribution is 2.38. The number of nitriles is 1. The summed E-state index contributed by atoms with van der Waals surface area (Å²) in [6.07, 6.45) is -0.783. The molecule has 1 aromatic carbocycles. The Morgan fingerprint density at radius 1 is 1.47 bits per heavy atom. The number of benzene rings is 1. The maximum atomic E-state index is 9.98. The monoisotopic (exact) mass is 254 g/mol. The molecule has 0 saturated heterocycles. The van der Waals surface area contributed by atoms with E-state index in [9.17, 15) is 5.11 Å². The molecule has 0 aromatic heterocycles. The molecular weight excluding hydrogens is 240 g/mol. The van der Waals surface area contributed by atoms with Gasteiger partial charge in [0.05, 0.1) is 17.7 Å². The number of aliphatic hydroxyl groups is 1. The van der Waals surface area contributed by atoms with Gasteiger partial charge in [0.25, 0.3) is 0 Å². The summed E-state index contributed by atoms with van der Waals surface area (Å²) < 4.78 is 5.66. The topological polar surface area (TPSA) is 79.3 Å². The van der Waals surface area contributed by atoms with Crippen LogP contribution in [-0.4, -0.2) is 16.8 Å². The van der Waals surface area contributed by atoms with E-state index < -0.39 is 17.7 Å². The number of ether oxygens (including phenoxy) is 1. The molecule has 0 aliphatic carbocycles. The van der Waals surface area contributed by atoms with E-state index in [0.29, 0.717) is 16.9 Å². The van der Waals surface area contributed by atoms with Crippen molar-refractivity contribution in [3.05, 3.63) is 29.3 Å². The summed E-state index contributed by atoms with van der Waals surface area (Å²) >= 11 is 0. The van der Waals surface area contributed by atoms with Gasteiger partial charge in [-0.05, 0) is 32.0 Å². The summed E-state index contributed by atoms with van der Waals surface area (Å²) in [7, 11) is 0. The lowest BCUT2D eigenvalue weighted by Gasteiger charge is -2.40. The van der Waals surface area contributed by atoms with E-state index in [1.165, 1.54) is 0 Å². The van der Waals surface area contributed by atoms with E-state index in [1.807, 2.05) is 6.07 Å². The first-order valence-electron chi connectivity index (χ1n) is 5.12. The van der Waals surface area contributed by atoms with Gasteiger partial charge in [0.15, 0.2) is 0 Å². The zero-order valence-electron chi connectivity index (χ0n) is 9.68. The third-order valence-corrected chi connectivity index (χ3v) is 2.92. The van der Waals surface area contributed by atoms with Crippen LogP contribution in [0.25, 0.3) is 0 Å². The molecule has 4 nitrogen and oxygen atoms in total. The van der Waals surface area contributed by atoms with Crippen LogP contribution in [0, 0.1) is 11.3 Å². The van der Waals surface area contributed by atoms with E-state index in [4.69, 9.17) is 15.7 Å². The number of fused-ring (bicyclic) bond motifs is 1. The Balaban J connectivity index is 0.00000144. The molecule has 0 radical (unpaired) electrons. The first-order valence-corrected chi connectivity index (χ1v) is 5.12.